The minimum absolute atomic E-state index is 0.0353. The number of benzene rings is 1. The molecule has 14 heavy (non-hydrogen) atoms. The Morgan fingerprint density at radius 3 is 3.07 bits per heavy atom. The van der Waals surface area contributed by atoms with Crippen LogP contribution in [0.4, 0.5) is 0 Å². The smallest absolute Gasteiger partial charge is 0.312 e. The molecule has 4 nitrogen and oxygen atoms in total. The summed E-state index contributed by atoms with van der Waals surface area (Å²) < 4.78 is 25.6. The topological polar surface area (TPSA) is 44.8 Å². The second kappa shape index (κ2) is 4.34. The van der Waals surface area contributed by atoms with Gasteiger partial charge in [0.15, 0.2) is 0 Å². The molecule has 2 unspecified atom stereocenters. The molecule has 6 heteroatoms. The van der Waals surface area contributed by atoms with Crippen molar-refractivity contribution in [1.29, 1.82) is 0 Å². The van der Waals surface area contributed by atoms with Gasteiger partial charge in [-0.05, 0) is 12.1 Å². The molecule has 0 aliphatic carbocycles. The summed E-state index contributed by atoms with van der Waals surface area (Å²) in [5, 5.41) is 0.580. The van der Waals surface area contributed by atoms with Crippen molar-refractivity contribution in [2.75, 3.05) is 6.79 Å². The first-order valence-corrected chi connectivity index (χ1v) is 5.37. The summed E-state index contributed by atoms with van der Waals surface area (Å²) in [4.78, 5) is 0. The summed E-state index contributed by atoms with van der Waals surface area (Å²) in [6.45, 7) is -0.0353. The van der Waals surface area contributed by atoms with Gasteiger partial charge in [0.1, 0.15) is 0 Å². The Hall–Kier alpha value is -0.510. The number of ether oxygens (including phenoxy) is 1. The quantitative estimate of drug-likeness (QED) is 0.700. The van der Waals surface area contributed by atoms with E-state index in [-0.39, 0.29) is 6.79 Å². The SMILES string of the molecule is O=[P+]1OCOC(c2cccc(Cl)c2)O1. The Kier molecular flexibility index (Phi) is 3.11. The van der Waals surface area contributed by atoms with E-state index in [0.29, 0.717) is 5.02 Å². The molecule has 0 N–H and O–H groups in total. The Morgan fingerprint density at radius 2 is 2.36 bits per heavy atom. The fourth-order valence-electron chi connectivity index (χ4n) is 1.08. The number of halogens is 1. The van der Waals surface area contributed by atoms with E-state index in [0.717, 1.165) is 5.56 Å². The average molecular weight is 234 g/mol. The lowest BCUT2D eigenvalue weighted by Gasteiger charge is -2.13. The van der Waals surface area contributed by atoms with Gasteiger partial charge in [-0.15, -0.1) is 0 Å². The third-order valence-electron chi connectivity index (χ3n) is 1.68. The molecule has 1 aliphatic rings. The van der Waals surface area contributed by atoms with Crippen LogP contribution in [0, 0.1) is 0 Å². The monoisotopic (exact) mass is 233 g/mol. The highest BCUT2D eigenvalue weighted by molar-refractivity contribution is 7.33. The van der Waals surface area contributed by atoms with E-state index in [2.05, 4.69) is 4.52 Å². The molecule has 1 aromatic rings. The molecule has 0 amide bonds. The zero-order valence-electron chi connectivity index (χ0n) is 7.05. The van der Waals surface area contributed by atoms with Crippen molar-refractivity contribution < 1.29 is 18.3 Å². The van der Waals surface area contributed by atoms with E-state index in [9.17, 15) is 4.57 Å². The lowest BCUT2D eigenvalue weighted by Crippen LogP contribution is -2.12. The predicted octanol–water partition coefficient (Wildman–Crippen LogP) is 3.02. The molecule has 1 saturated heterocycles. The van der Waals surface area contributed by atoms with E-state index in [1.807, 2.05) is 0 Å². The normalized spacial score (nSPS) is 24.9. The minimum atomic E-state index is -2.08. The summed E-state index contributed by atoms with van der Waals surface area (Å²) in [6, 6.07) is 6.99. The van der Waals surface area contributed by atoms with Crippen molar-refractivity contribution in [1.82, 2.24) is 0 Å². The Balaban J connectivity index is 2.17. The maximum Gasteiger partial charge on any atom is 0.702 e. The summed E-state index contributed by atoms with van der Waals surface area (Å²) in [7, 11) is -2.08. The summed E-state index contributed by atoms with van der Waals surface area (Å²) in [6.07, 6.45) is -0.661. The molecule has 74 valence electrons. The molecule has 0 radical (unpaired) electrons. The summed E-state index contributed by atoms with van der Waals surface area (Å²) >= 11 is 5.79. The second-order valence-corrected chi connectivity index (χ2v) is 3.98. The van der Waals surface area contributed by atoms with E-state index >= 15 is 0 Å². The van der Waals surface area contributed by atoms with Gasteiger partial charge in [-0.25, -0.2) is 0 Å². The first-order valence-electron chi connectivity index (χ1n) is 3.90. The van der Waals surface area contributed by atoms with Crippen molar-refractivity contribution >= 4 is 19.9 Å². The maximum absolute atomic E-state index is 10.9. The molecule has 1 aliphatic heterocycles. The Bertz CT molecular complexity index is 357. The molecule has 2 rings (SSSR count). The summed E-state index contributed by atoms with van der Waals surface area (Å²) in [5.74, 6) is 0. The zero-order chi connectivity index (χ0) is 9.97. The largest absolute Gasteiger partial charge is 0.702 e. The number of hydrogen-bond acceptors (Lipinski definition) is 4. The number of hydrogen-bond donors (Lipinski definition) is 0. The molecule has 1 heterocycles. The molecule has 2 atom stereocenters. The fraction of sp³-hybridized carbons (Fsp3) is 0.250. The third-order valence-corrected chi connectivity index (χ3v) is 2.60. The van der Waals surface area contributed by atoms with Gasteiger partial charge in [-0.1, -0.05) is 32.8 Å². The van der Waals surface area contributed by atoms with Gasteiger partial charge in [0.25, 0.3) is 0 Å². The maximum atomic E-state index is 10.9. The summed E-state index contributed by atoms with van der Waals surface area (Å²) in [5.41, 5.74) is 0.726. The first-order chi connectivity index (χ1) is 6.75. The van der Waals surface area contributed by atoms with Gasteiger partial charge in [-0.2, -0.15) is 0 Å². The highest BCUT2D eigenvalue weighted by atomic mass is 35.5. The van der Waals surface area contributed by atoms with Gasteiger partial charge in [0.2, 0.25) is 13.1 Å². The van der Waals surface area contributed by atoms with Gasteiger partial charge in [0.05, 0.1) is 0 Å². The second-order valence-electron chi connectivity index (χ2n) is 2.63. The molecular formula is C8H7ClO4P+. The first kappa shape index (κ1) is 10.0. The van der Waals surface area contributed by atoms with Crippen LogP contribution < -0.4 is 0 Å². The Labute approximate surface area is 86.7 Å². The molecular weight excluding hydrogens is 227 g/mol. The Morgan fingerprint density at radius 1 is 1.50 bits per heavy atom. The van der Waals surface area contributed by atoms with Crippen LogP contribution in [0.2, 0.25) is 5.02 Å². The highest BCUT2D eigenvalue weighted by Gasteiger charge is 2.35. The third kappa shape index (κ3) is 2.29. The highest BCUT2D eigenvalue weighted by Crippen LogP contribution is 2.38. The van der Waals surface area contributed by atoms with Crippen LogP contribution in [0.25, 0.3) is 0 Å². The minimum Gasteiger partial charge on any atom is -0.312 e. The van der Waals surface area contributed by atoms with Crippen LogP contribution >= 0.6 is 19.9 Å². The van der Waals surface area contributed by atoms with Gasteiger partial charge in [-0.3, -0.25) is 0 Å². The van der Waals surface area contributed by atoms with Crippen LogP contribution in [0.15, 0.2) is 24.3 Å². The molecule has 1 fully saturated rings. The van der Waals surface area contributed by atoms with Gasteiger partial charge < -0.3 is 4.74 Å². The van der Waals surface area contributed by atoms with Crippen LogP contribution in [0.5, 0.6) is 0 Å². The van der Waals surface area contributed by atoms with Gasteiger partial charge in [0, 0.05) is 15.2 Å². The van der Waals surface area contributed by atoms with Crippen LogP contribution in [0.3, 0.4) is 0 Å². The molecule has 0 aromatic heterocycles. The van der Waals surface area contributed by atoms with Crippen molar-refractivity contribution in [2.45, 2.75) is 6.29 Å². The van der Waals surface area contributed by atoms with Crippen molar-refractivity contribution in [3.63, 3.8) is 0 Å². The van der Waals surface area contributed by atoms with Crippen molar-refractivity contribution in [3.8, 4) is 0 Å². The van der Waals surface area contributed by atoms with Crippen molar-refractivity contribution in [2.24, 2.45) is 0 Å². The van der Waals surface area contributed by atoms with Crippen LogP contribution in [-0.2, 0) is 18.3 Å². The van der Waals surface area contributed by atoms with E-state index in [1.54, 1.807) is 24.3 Å². The fourth-order valence-corrected chi connectivity index (χ4v) is 1.83. The van der Waals surface area contributed by atoms with E-state index < -0.39 is 14.5 Å². The standard InChI is InChI=1S/C8H7ClO4P/c9-7-3-1-2-6(4-7)8-11-5-12-14(10)13-8/h1-4,8H,5H2/q+1. The number of rotatable bonds is 1. The van der Waals surface area contributed by atoms with Gasteiger partial charge >= 0.3 is 8.25 Å². The molecule has 0 spiro atoms. The van der Waals surface area contributed by atoms with Crippen LogP contribution in [-0.4, -0.2) is 6.79 Å². The molecule has 0 bridgehead atoms. The lowest BCUT2D eigenvalue weighted by atomic mass is 10.2. The van der Waals surface area contributed by atoms with E-state index in [4.69, 9.17) is 20.9 Å². The molecule has 0 saturated carbocycles. The molecule has 1 aromatic carbocycles. The average Bonchev–Trinajstić information content (AvgIpc) is 2.18. The lowest BCUT2D eigenvalue weighted by molar-refractivity contribution is -0.167. The van der Waals surface area contributed by atoms with Crippen LogP contribution in [0.1, 0.15) is 11.9 Å². The zero-order valence-corrected chi connectivity index (χ0v) is 8.70. The predicted molar refractivity (Wildman–Crippen MR) is 49.9 cm³/mol. The van der Waals surface area contributed by atoms with Crippen molar-refractivity contribution in [3.05, 3.63) is 34.9 Å². The van der Waals surface area contributed by atoms with E-state index in [1.165, 1.54) is 0 Å².